The molecule has 34 heavy (non-hydrogen) atoms. The van der Waals surface area contributed by atoms with Crippen molar-refractivity contribution in [2.24, 2.45) is 5.73 Å². The number of guanidine groups is 1. The smallest absolute Gasteiger partial charge is 0.280 e. The molecule has 1 amide bonds. The highest BCUT2D eigenvalue weighted by Gasteiger charge is 2.17. The molecule has 0 aliphatic heterocycles. The number of nitrogen functional groups attached to an aromatic ring is 2. The fourth-order valence-electron chi connectivity index (χ4n) is 3.42. The van der Waals surface area contributed by atoms with Crippen LogP contribution in [0.2, 0.25) is 5.15 Å². The van der Waals surface area contributed by atoms with Gasteiger partial charge in [-0.1, -0.05) is 41.9 Å². The number of unbranched alkanes of at least 4 members (excludes halogenated alkanes) is 1. The van der Waals surface area contributed by atoms with Gasteiger partial charge in [-0.15, -0.1) is 0 Å². The van der Waals surface area contributed by atoms with E-state index < -0.39 is 5.91 Å². The average molecular weight is 485 g/mol. The number of benzene rings is 2. The summed E-state index contributed by atoms with van der Waals surface area (Å²) in [6, 6.07) is 12.3. The number of carbonyl (C=O) groups is 1. The molecule has 0 saturated carbocycles. The monoisotopic (exact) mass is 484 g/mol. The number of carbonyl (C=O) groups excluding carboxylic acids is 1. The number of hydrogen-bond acceptors (Lipinski definition) is 8. The van der Waals surface area contributed by atoms with Gasteiger partial charge < -0.3 is 27.3 Å². The van der Waals surface area contributed by atoms with E-state index in [0.29, 0.717) is 19.7 Å². The highest BCUT2D eigenvalue weighted by atomic mass is 35.5. The van der Waals surface area contributed by atoms with Crippen LogP contribution in [0.4, 0.5) is 11.6 Å². The molecule has 0 aliphatic carbocycles. The molecule has 11 heteroatoms. The van der Waals surface area contributed by atoms with E-state index in [1.54, 1.807) is 0 Å². The van der Waals surface area contributed by atoms with E-state index >= 15 is 0 Å². The molecule has 9 N–H and O–H groups in total. The van der Waals surface area contributed by atoms with Crippen molar-refractivity contribution in [1.29, 1.82) is 5.41 Å². The summed E-state index contributed by atoms with van der Waals surface area (Å²) in [5.41, 5.74) is 17.8. The molecular formula is C23H29ClN8O2. The molecule has 1 aromatic heterocycles. The van der Waals surface area contributed by atoms with E-state index in [0.717, 1.165) is 36.8 Å². The first-order valence-electron chi connectivity index (χ1n) is 11.0. The zero-order valence-corrected chi connectivity index (χ0v) is 19.5. The van der Waals surface area contributed by atoms with Gasteiger partial charge in [0.25, 0.3) is 5.91 Å². The van der Waals surface area contributed by atoms with Crippen molar-refractivity contribution in [3.8, 4) is 5.75 Å². The second-order valence-electron chi connectivity index (χ2n) is 7.61. The minimum Gasteiger partial charge on any atom is -0.493 e. The SMILES string of the molecule is N=C(NCCCCc1ccc(OCCCN)c2ccccc12)NC(=O)c1nc(Cl)c(N)nc1N. The van der Waals surface area contributed by atoms with Crippen LogP contribution in [-0.4, -0.2) is 41.5 Å². The standard InChI is InChI=1S/C23H29ClN8O2/c24-19-21(27)31-20(26)18(30-19)22(33)32-23(28)29-12-4-3-6-14-9-10-17(34-13-5-11-25)16-8-2-1-7-15(14)16/h1-2,7-10H,3-6,11-13,25H2,(H4,26,27,31)(H3,28,29,32,33). The Labute approximate surface area is 202 Å². The van der Waals surface area contributed by atoms with Crippen LogP contribution < -0.4 is 32.6 Å². The number of hydrogen-bond donors (Lipinski definition) is 6. The zero-order chi connectivity index (χ0) is 24.5. The normalized spacial score (nSPS) is 10.8. The number of anilines is 2. The van der Waals surface area contributed by atoms with Gasteiger partial charge in [0.15, 0.2) is 28.4 Å². The maximum Gasteiger partial charge on any atom is 0.280 e. The average Bonchev–Trinajstić information content (AvgIpc) is 2.82. The third-order valence-electron chi connectivity index (χ3n) is 5.11. The second kappa shape index (κ2) is 12.0. The van der Waals surface area contributed by atoms with E-state index in [2.05, 4.69) is 38.8 Å². The second-order valence-corrected chi connectivity index (χ2v) is 7.96. The Hall–Kier alpha value is -3.63. The number of nitrogens with zero attached hydrogens (tertiary/aromatic N) is 2. The predicted octanol–water partition coefficient (Wildman–Crippen LogP) is 2.45. The van der Waals surface area contributed by atoms with Crippen LogP contribution in [-0.2, 0) is 6.42 Å². The lowest BCUT2D eigenvalue weighted by atomic mass is 9.99. The van der Waals surface area contributed by atoms with Gasteiger partial charge in [-0.05, 0) is 49.2 Å². The van der Waals surface area contributed by atoms with Crippen molar-refractivity contribution in [2.45, 2.75) is 25.7 Å². The number of nitrogens with two attached hydrogens (primary N) is 3. The van der Waals surface area contributed by atoms with E-state index in [-0.39, 0.29) is 28.4 Å². The van der Waals surface area contributed by atoms with Crippen LogP contribution in [0.15, 0.2) is 36.4 Å². The summed E-state index contributed by atoms with van der Waals surface area (Å²) in [4.78, 5) is 19.8. The van der Waals surface area contributed by atoms with Crippen LogP contribution in [0.1, 0.15) is 35.3 Å². The van der Waals surface area contributed by atoms with Gasteiger partial charge in [-0.25, -0.2) is 9.97 Å². The number of aryl methyl sites for hydroxylation is 1. The van der Waals surface area contributed by atoms with E-state index in [9.17, 15) is 4.79 Å². The van der Waals surface area contributed by atoms with Gasteiger partial charge in [-0.2, -0.15) is 0 Å². The lowest BCUT2D eigenvalue weighted by molar-refractivity contribution is 0.0971. The molecule has 0 saturated heterocycles. The van der Waals surface area contributed by atoms with Crippen molar-refractivity contribution >= 4 is 45.9 Å². The number of halogens is 1. The summed E-state index contributed by atoms with van der Waals surface area (Å²) in [5.74, 6) is -0.208. The summed E-state index contributed by atoms with van der Waals surface area (Å²) in [6.07, 6.45) is 3.39. The maximum absolute atomic E-state index is 12.3. The van der Waals surface area contributed by atoms with Crippen LogP contribution in [0, 0.1) is 5.41 Å². The van der Waals surface area contributed by atoms with E-state index in [1.165, 1.54) is 10.9 Å². The largest absolute Gasteiger partial charge is 0.493 e. The molecule has 0 unspecified atom stereocenters. The molecule has 0 aliphatic rings. The highest BCUT2D eigenvalue weighted by Crippen LogP contribution is 2.29. The Morgan fingerprint density at radius 2 is 1.79 bits per heavy atom. The molecule has 3 rings (SSSR count). The molecule has 0 spiro atoms. The molecule has 3 aromatic rings. The minimum atomic E-state index is -0.690. The van der Waals surface area contributed by atoms with Crippen molar-refractivity contribution in [3.05, 3.63) is 52.8 Å². The third-order valence-corrected chi connectivity index (χ3v) is 5.39. The third kappa shape index (κ3) is 6.46. The van der Waals surface area contributed by atoms with Crippen LogP contribution >= 0.6 is 11.6 Å². The number of fused-ring (bicyclic) bond motifs is 1. The fourth-order valence-corrected chi connectivity index (χ4v) is 3.55. The number of nitrogens with one attached hydrogen (secondary N) is 3. The van der Waals surface area contributed by atoms with Gasteiger partial charge >= 0.3 is 0 Å². The Morgan fingerprint density at radius 3 is 2.56 bits per heavy atom. The van der Waals surface area contributed by atoms with Crippen LogP contribution in [0.5, 0.6) is 5.75 Å². The maximum atomic E-state index is 12.3. The quantitative estimate of drug-likeness (QED) is 0.144. The molecule has 0 atom stereocenters. The molecule has 0 radical (unpaired) electrons. The molecule has 10 nitrogen and oxygen atoms in total. The van der Waals surface area contributed by atoms with Gasteiger partial charge in [0.1, 0.15) is 5.75 Å². The first kappa shape index (κ1) is 25.0. The molecular weight excluding hydrogens is 456 g/mol. The highest BCUT2D eigenvalue weighted by molar-refractivity contribution is 6.31. The Morgan fingerprint density at radius 1 is 1.03 bits per heavy atom. The van der Waals surface area contributed by atoms with Crippen LogP contribution in [0.25, 0.3) is 10.8 Å². The Bertz CT molecular complexity index is 1170. The number of rotatable bonds is 10. The predicted molar refractivity (Wildman–Crippen MR) is 135 cm³/mol. The van der Waals surface area contributed by atoms with Crippen molar-refractivity contribution in [3.63, 3.8) is 0 Å². The summed E-state index contributed by atoms with van der Waals surface area (Å²) < 4.78 is 5.89. The fraction of sp³-hybridized carbons (Fsp3) is 0.304. The van der Waals surface area contributed by atoms with Gasteiger partial charge in [-0.3, -0.25) is 15.5 Å². The number of aromatic nitrogens is 2. The topological polar surface area (TPSA) is 178 Å². The lowest BCUT2D eigenvalue weighted by Gasteiger charge is -2.13. The van der Waals surface area contributed by atoms with E-state index in [1.807, 2.05) is 18.2 Å². The van der Waals surface area contributed by atoms with Gasteiger partial charge in [0.05, 0.1) is 6.61 Å². The number of ether oxygens (including phenoxy) is 1. The minimum absolute atomic E-state index is 0.0644. The van der Waals surface area contributed by atoms with Gasteiger partial charge in [0.2, 0.25) is 0 Å². The molecule has 0 fully saturated rings. The molecule has 2 aromatic carbocycles. The van der Waals surface area contributed by atoms with Crippen LogP contribution in [0.3, 0.4) is 0 Å². The first-order chi connectivity index (χ1) is 16.4. The van der Waals surface area contributed by atoms with E-state index in [4.69, 9.17) is 38.9 Å². The lowest BCUT2D eigenvalue weighted by Crippen LogP contribution is -2.41. The molecule has 180 valence electrons. The first-order valence-corrected chi connectivity index (χ1v) is 11.3. The molecule has 1 heterocycles. The summed E-state index contributed by atoms with van der Waals surface area (Å²) in [7, 11) is 0. The summed E-state index contributed by atoms with van der Waals surface area (Å²) in [6.45, 7) is 1.71. The van der Waals surface area contributed by atoms with Crippen molar-refractivity contribution < 1.29 is 9.53 Å². The zero-order valence-electron chi connectivity index (χ0n) is 18.7. The Kier molecular flexibility index (Phi) is 8.83. The van der Waals surface area contributed by atoms with Gasteiger partial charge in [0, 0.05) is 11.9 Å². The van der Waals surface area contributed by atoms with Crippen molar-refractivity contribution in [1.82, 2.24) is 20.6 Å². The molecule has 0 bridgehead atoms. The Balaban J connectivity index is 1.47. The summed E-state index contributed by atoms with van der Waals surface area (Å²) >= 11 is 5.79. The summed E-state index contributed by atoms with van der Waals surface area (Å²) in [5, 5.41) is 15.3. The number of amides is 1. The van der Waals surface area contributed by atoms with Crippen molar-refractivity contribution in [2.75, 3.05) is 31.2 Å².